The molecule has 0 bridgehead atoms. The summed E-state index contributed by atoms with van der Waals surface area (Å²) in [6, 6.07) is 5.40. The Labute approximate surface area is 152 Å². The van der Waals surface area contributed by atoms with E-state index in [-0.39, 0.29) is 29.7 Å². The van der Waals surface area contributed by atoms with Crippen LogP contribution >= 0.6 is 0 Å². The minimum atomic E-state index is -0.562. The largest absolute Gasteiger partial charge is 0.324 e. The summed E-state index contributed by atoms with van der Waals surface area (Å²) < 4.78 is 0. The van der Waals surface area contributed by atoms with Crippen molar-refractivity contribution in [2.45, 2.75) is 50.9 Å². The van der Waals surface area contributed by atoms with Gasteiger partial charge in [-0.1, -0.05) is 12.1 Å². The fraction of sp³-hybridized carbons (Fsp3) is 0.526. The van der Waals surface area contributed by atoms with Crippen molar-refractivity contribution in [1.82, 2.24) is 15.1 Å². The van der Waals surface area contributed by atoms with Crippen LogP contribution in [-0.4, -0.2) is 52.2 Å². The molecule has 0 aromatic heterocycles. The third kappa shape index (κ3) is 3.12. The van der Waals surface area contributed by atoms with Crippen molar-refractivity contribution >= 4 is 17.7 Å². The van der Waals surface area contributed by atoms with Gasteiger partial charge in [0.15, 0.2) is 0 Å². The molecule has 26 heavy (non-hydrogen) atoms. The number of fused-ring (bicyclic) bond motifs is 1. The Kier molecular flexibility index (Phi) is 4.08. The maximum atomic E-state index is 12.8. The van der Waals surface area contributed by atoms with Gasteiger partial charge in [0.1, 0.15) is 6.04 Å². The molecule has 2 saturated heterocycles. The molecule has 7 heteroatoms. The molecule has 3 aliphatic rings. The fourth-order valence-corrected chi connectivity index (χ4v) is 4.18. The summed E-state index contributed by atoms with van der Waals surface area (Å²) >= 11 is 0. The Morgan fingerprint density at radius 1 is 1.31 bits per heavy atom. The van der Waals surface area contributed by atoms with E-state index in [1.165, 1.54) is 0 Å². The van der Waals surface area contributed by atoms with Gasteiger partial charge in [0.05, 0.1) is 0 Å². The number of piperidine rings is 1. The van der Waals surface area contributed by atoms with Crippen LogP contribution in [0.1, 0.15) is 47.7 Å². The van der Waals surface area contributed by atoms with Crippen LogP contribution in [0.2, 0.25) is 0 Å². The van der Waals surface area contributed by atoms with Gasteiger partial charge in [-0.05, 0) is 37.0 Å². The molecule has 3 N–H and O–H groups in total. The van der Waals surface area contributed by atoms with Gasteiger partial charge in [-0.3, -0.25) is 24.6 Å². The summed E-state index contributed by atoms with van der Waals surface area (Å²) in [6.07, 6.45) is 1.63. The maximum Gasteiger partial charge on any atom is 0.255 e. The number of nitrogens with two attached hydrogens (primary N) is 1. The Bertz CT molecular complexity index is 789. The molecule has 2 atom stereocenters. The highest BCUT2D eigenvalue weighted by molar-refractivity contribution is 6.05. The predicted molar refractivity (Wildman–Crippen MR) is 95.0 cm³/mol. The molecule has 1 unspecified atom stereocenters. The third-order valence-electron chi connectivity index (χ3n) is 5.58. The number of hydrogen-bond acceptors (Lipinski definition) is 5. The topological polar surface area (TPSA) is 95.7 Å². The van der Waals surface area contributed by atoms with E-state index in [1.807, 2.05) is 18.2 Å². The van der Waals surface area contributed by atoms with E-state index in [1.54, 1.807) is 4.90 Å². The average molecular weight is 356 g/mol. The van der Waals surface area contributed by atoms with Crippen LogP contribution in [0.4, 0.5) is 0 Å². The molecule has 3 heterocycles. The number of rotatable bonds is 3. The highest BCUT2D eigenvalue weighted by Crippen LogP contribution is 2.29. The first-order valence-corrected chi connectivity index (χ1v) is 9.10. The number of carbonyl (C=O) groups excluding carboxylic acids is 3. The molecule has 0 saturated carbocycles. The molecule has 0 aliphatic carbocycles. The summed E-state index contributed by atoms with van der Waals surface area (Å²) in [5.41, 5.74) is 8.74. The second-order valence-corrected chi connectivity index (χ2v) is 8.01. The Balaban J connectivity index is 1.49. The van der Waals surface area contributed by atoms with E-state index >= 15 is 0 Å². The summed E-state index contributed by atoms with van der Waals surface area (Å²) in [5, 5.41) is 2.33. The second kappa shape index (κ2) is 6.17. The Morgan fingerprint density at radius 3 is 2.81 bits per heavy atom. The summed E-state index contributed by atoms with van der Waals surface area (Å²) in [7, 11) is 0. The van der Waals surface area contributed by atoms with E-state index in [9.17, 15) is 14.4 Å². The van der Waals surface area contributed by atoms with Gasteiger partial charge in [-0.15, -0.1) is 0 Å². The van der Waals surface area contributed by atoms with Crippen molar-refractivity contribution in [2.24, 2.45) is 5.73 Å². The van der Waals surface area contributed by atoms with Gasteiger partial charge < -0.3 is 10.6 Å². The number of imide groups is 1. The van der Waals surface area contributed by atoms with Crippen molar-refractivity contribution in [1.29, 1.82) is 0 Å². The van der Waals surface area contributed by atoms with E-state index < -0.39 is 6.04 Å². The van der Waals surface area contributed by atoms with Gasteiger partial charge in [0, 0.05) is 43.7 Å². The lowest BCUT2D eigenvalue weighted by atomic mass is 10.0. The van der Waals surface area contributed by atoms with Crippen LogP contribution in [0.5, 0.6) is 0 Å². The van der Waals surface area contributed by atoms with Gasteiger partial charge >= 0.3 is 0 Å². The smallest absolute Gasteiger partial charge is 0.255 e. The number of nitrogens with one attached hydrogen (secondary N) is 1. The Morgan fingerprint density at radius 2 is 2.12 bits per heavy atom. The Hall–Kier alpha value is -2.25. The number of hydrogen-bond donors (Lipinski definition) is 2. The van der Waals surface area contributed by atoms with Crippen LogP contribution in [-0.2, 0) is 22.7 Å². The molecular formula is C19H24N4O3. The number of benzene rings is 1. The van der Waals surface area contributed by atoms with E-state index in [0.717, 1.165) is 37.2 Å². The minimum Gasteiger partial charge on any atom is -0.324 e. The number of carbonyl (C=O) groups is 3. The fourth-order valence-electron chi connectivity index (χ4n) is 4.18. The molecule has 0 radical (unpaired) electrons. The molecular weight excluding hydrogens is 332 g/mol. The molecule has 138 valence electrons. The van der Waals surface area contributed by atoms with Crippen molar-refractivity contribution in [3.63, 3.8) is 0 Å². The molecule has 0 spiro atoms. The maximum absolute atomic E-state index is 12.8. The van der Waals surface area contributed by atoms with E-state index in [0.29, 0.717) is 18.5 Å². The van der Waals surface area contributed by atoms with Gasteiger partial charge in [-0.25, -0.2) is 0 Å². The highest BCUT2D eigenvalue weighted by Gasteiger charge is 2.39. The molecule has 1 aromatic carbocycles. The summed E-state index contributed by atoms with van der Waals surface area (Å²) in [6.45, 7) is 5.06. The first-order chi connectivity index (χ1) is 12.3. The van der Waals surface area contributed by atoms with Crippen molar-refractivity contribution in [3.05, 3.63) is 34.9 Å². The van der Waals surface area contributed by atoms with Crippen LogP contribution in [0, 0.1) is 0 Å². The van der Waals surface area contributed by atoms with E-state index in [4.69, 9.17) is 5.73 Å². The molecule has 3 amide bonds. The first kappa shape index (κ1) is 17.2. The van der Waals surface area contributed by atoms with Gasteiger partial charge in [-0.2, -0.15) is 0 Å². The standard InChI is InChI=1S/C19H24N4O3/c1-19(20)6-7-22(11-19)9-12-2-3-13-10-23(18(26)14(13)8-12)15-4-5-16(24)21-17(15)25/h2-3,8,15H,4-7,9-11,20H2,1H3,(H,21,24,25)/t15?,19-/m1/s1. The second-order valence-electron chi connectivity index (χ2n) is 8.01. The lowest BCUT2D eigenvalue weighted by Gasteiger charge is -2.29. The van der Waals surface area contributed by atoms with Crippen molar-refractivity contribution < 1.29 is 14.4 Å². The van der Waals surface area contributed by atoms with Crippen molar-refractivity contribution in [2.75, 3.05) is 13.1 Å². The van der Waals surface area contributed by atoms with Gasteiger partial charge in [0.2, 0.25) is 11.8 Å². The van der Waals surface area contributed by atoms with Crippen LogP contribution in [0.25, 0.3) is 0 Å². The number of likely N-dealkylation sites (tertiary alicyclic amines) is 1. The highest BCUT2D eigenvalue weighted by atomic mass is 16.2. The monoisotopic (exact) mass is 356 g/mol. The zero-order valence-corrected chi connectivity index (χ0v) is 15.0. The molecule has 7 nitrogen and oxygen atoms in total. The number of nitrogens with zero attached hydrogens (tertiary/aromatic N) is 2. The summed E-state index contributed by atoms with van der Waals surface area (Å²) in [5.74, 6) is -0.765. The summed E-state index contributed by atoms with van der Waals surface area (Å²) in [4.78, 5) is 40.2. The van der Waals surface area contributed by atoms with Gasteiger partial charge in [0.25, 0.3) is 5.91 Å². The first-order valence-electron chi connectivity index (χ1n) is 9.10. The molecule has 3 aliphatic heterocycles. The zero-order chi connectivity index (χ0) is 18.5. The van der Waals surface area contributed by atoms with Crippen molar-refractivity contribution in [3.8, 4) is 0 Å². The predicted octanol–water partition coefficient (Wildman–Crippen LogP) is 0.371. The van der Waals surface area contributed by atoms with E-state index in [2.05, 4.69) is 17.1 Å². The minimum absolute atomic E-state index is 0.124. The quantitative estimate of drug-likeness (QED) is 0.763. The lowest BCUT2D eigenvalue weighted by Crippen LogP contribution is -2.52. The van der Waals surface area contributed by atoms with Crippen LogP contribution in [0.3, 0.4) is 0 Å². The third-order valence-corrected chi connectivity index (χ3v) is 5.58. The normalized spacial score (nSPS) is 29.2. The molecule has 4 rings (SSSR count). The van der Waals surface area contributed by atoms with Crippen LogP contribution < -0.4 is 11.1 Å². The number of amides is 3. The zero-order valence-electron chi connectivity index (χ0n) is 15.0. The lowest BCUT2D eigenvalue weighted by molar-refractivity contribution is -0.136. The average Bonchev–Trinajstić information content (AvgIpc) is 3.07. The van der Waals surface area contributed by atoms with Crippen LogP contribution in [0.15, 0.2) is 18.2 Å². The SMILES string of the molecule is C[C@@]1(N)CCN(Cc2ccc3c(c2)C(=O)N(C2CCC(=O)NC2=O)C3)C1. The molecule has 2 fully saturated rings. The molecule has 1 aromatic rings.